The first-order valence-corrected chi connectivity index (χ1v) is 7.43. The number of aromatic nitrogens is 1. The second-order valence-electron chi connectivity index (χ2n) is 4.15. The Morgan fingerprint density at radius 1 is 1.15 bits per heavy atom. The first kappa shape index (κ1) is 14.4. The highest BCUT2D eigenvalue weighted by Gasteiger charge is 2.14. The summed E-state index contributed by atoms with van der Waals surface area (Å²) in [5.41, 5.74) is 6.39. The summed E-state index contributed by atoms with van der Waals surface area (Å²) in [5, 5.41) is 0. The Kier molecular flexibility index (Phi) is 4.31. The molecule has 0 aliphatic rings. The molecule has 0 radical (unpaired) electrons. The number of anilines is 1. The zero-order chi connectivity index (χ0) is 14.6. The van der Waals surface area contributed by atoms with E-state index in [-0.39, 0.29) is 10.7 Å². The van der Waals surface area contributed by atoms with Gasteiger partial charge in [0.2, 0.25) is 0 Å². The van der Waals surface area contributed by atoms with Crippen molar-refractivity contribution < 1.29 is 12.8 Å². The van der Waals surface area contributed by atoms with Crippen LogP contribution in [0.3, 0.4) is 0 Å². The summed E-state index contributed by atoms with van der Waals surface area (Å²) in [5.74, 6) is -0.462. The van der Waals surface area contributed by atoms with Crippen molar-refractivity contribution in [3.05, 3.63) is 54.0 Å². The van der Waals surface area contributed by atoms with E-state index in [1.807, 2.05) is 0 Å². The number of nitrogens with zero attached hydrogens (tertiary/aromatic N) is 1. The summed E-state index contributed by atoms with van der Waals surface area (Å²) in [6, 6.07) is 8.80. The van der Waals surface area contributed by atoms with Gasteiger partial charge in [-0.2, -0.15) is 0 Å². The highest BCUT2D eigenvalue weighted by Crippen LogP contribution is 2.15. The number of hydrogen-bond donors (Lipinski definition) is 2. The third kappa shape index (κ3) is 3.52. The Labute approximate surface area is 116 Å². The van der Waals surface area contributed by atoms with E-state index in [2.05, 4.69) is 9.71 Å². The Morgan fingerprint density at radius 2 is 1.85 bits per heavy atom. The molecule has 0 aliphatic carbocycles. The highest BCUT2D eigenvalue weighted by atomic mass is 32.2. The largest absolute Gasteiger partial charge is 0.330 e. The molecule has 0 fully saturated rings. The van der Waals surface area contributed by atoms with Crippen molar-refractivity contribution in [2.24, 2.45) is 5.73 Å². The molecule has 0 spiro atoms. The van der Waals surface area contributed by atoms with Crippen molar-refractivity contribution in [2.45, 2.75) is 11.3 Å². The molecule has 0 bridgehead atoms. The number of nitrogens with one attached hydrogen (secondary N) is 1. The normalized spacial score (nSPS) is 11.3. The molecule has 0 aliphatic heterocycles. The summed E-state index contributed by atoms with van der Waals surface area (Å²) in [6.07, 6.45) is 1.63. The maximum atomic E-state index is 12.7. The molecule has 7 heteroatoms. The van der Waals surface area contributed by atoms with E-state index in [9.17, 15) is 12.8 Å². The van der Waals surface area contributed by atoms with Crippen LogP contribution in [0.5, 0.6) is 0 Å². The molecule has 5 nitrogen and oxygen atoms in total. The quantitative estimate of drug-likeness (QED) is 0.876. The van der Waals surface area contributed by atoms with Crippen LogP contribution in [0, 0.1) is 5.82 Å². The van der Waals surface area contributed by atoms with E-state index in [4.69, 9.17) is 5.73 Å². The number of sulfonamides is 1. The molecular formula is C13H14FN3O2S. The van der Waals surface area contributed by atoms with E-state index in [1.165, 1.54) is 18.2 Å². The molecule has 2 rings (SSSR count). The second-order valence-corrected chi connectivity index (χ2v) is 5.83. The summed E-state index contributed by atoms with van der Waals surface area (Å²) in [4.78, 5) is 3.77. The van der Waals surface area contributed by atoms with Crippen LogP contribution in [0.2, 0.25) is 0 Å². The van der Waals surface area contributed by atoms with Gasteiger partial charge in [-0.3, -0.25) is 4.72 Å². The summed E-state index contributed by atoms with van der Waals surface area (Å²) in [6.45, 7) is 0.504. The SMILES string of the molecule is NCCc1ccc(S(=O)(=O)Nc2ccc(F)cn2)cc1. The lowest BCUT2D eigenvalue weighted by Crippen LogP contribution is -2.14. The van der Waals surface area contributed by atoms with Crippen molar-refractivity contribution in [1.29, 1.82) is 0 Å². The van der Waals surface area contributed by atoms with Crippen LogP contribution in [-0.2, 0) is 16.4 Å². The van der Waals surface area contributed by atoms with Crippen LogP contribution in [0.15, 0.2) is 47.5 Å². The minimum Gasteiger partial charge on any atom is -0.330 e. The van der Waals surface area contributed by atoms with E-state index in [0.29, 0.717) is 13.0 Å². The lowest BCUT2D eigenvalue weighted by Gasteiger charge is -2.07. The van der Waals surface area contributed by atoms with Crippen LogP contribution >= 0.6 is 0 Å². The van der Waals surface area contributed by atoms with Crippen molar-refractivity contribution in [3.8, 4) is 0 Å². The Balaban J connectivity index is 2.19. The fraction of sp³-hybridized carbons (Fsp3) is 0.154. The fourth-order valence-corrected chi connectivity index (χ4v) is 2.64. The Morgan fingerprint density at radius 3 is 2.40 bits per heavy atom. The zero-order valence-corrected chi connectivity index (χ0v) is 11.4. The van der Waals surface area contributed by atoms with Crippen molar-refractivity contribution >= 4 is 15.8 Å². The predicted molar refractivity (Wildman–Crippen MR) is 74.2 cm³/mol. The first-order chi connectivity index (χ1) is 9.51. The monoisotopic (exact) mass is 295 g/mol. The Bertz CT molecular complexity index is 670. The third-order valence-electron chi connectivity index (χ3n) is 2.63. The van der Waals surface area contributed by atoms with Gasteiger partial charge >= 0.3 is 0 Å². The summed E-state index contributed by atoms with van der Waals surface area (Å²) >= 11 is 0. The number of halogens is 1. The number of benzene rings is 1. The molecule has 1 aromatic carbocycles. The lowest BCUT2D eigenvalue weighted by molar-refractivity contribution is 0.600. The number of rotatable bonds is 5. The van der Waals surface area contributed by atoms with Crippen LogP contribution in [0.1, 0.15) is 5.56 Å². The second kappa shape index (κ2) is 5.98. The molecule has 106 valence electrons. The van der Waals surface area contributed by atoms with E-state index in [1.54, 1.807) is 12.1 Å². The molecule has 0 amide bonds. The van der Waals surface area contributed by atoms with Gasteiger partial charge in [-0.15, -0.1) is 0 Å². The molecule has 0 saturated carbocycles. The van der Waals surface area contributed by atoms with Crippen molar-refractivity contribution in [2.75, 3.05) is 11.3 Å². The average molecular weight is 295 g/mol. The van der Waals surface area contributed by atoms with Gasteiger partial charge in [-0.05, 0) is 42.8 Å². The van der Waals surface area contributed by atoms with E-state index < -0.39 is 15.8 Å². The summed E-state index contributed by atoms with van der Waals surface area (Å²) < 4.78 is 39.2. The lowest BCUT2D eigenvalue weighted by atomic mass is 10.2. The topological polar surface area (TPSA) is 85.1 Å². The standard InChI is InChI=1S/C13H14FN3O2S/c14-11-3-6-13(16-9-11)17-20(18,19)12-4-1-10(2-5-12)7-8-15/h1-6,9H,7-8,15H2,(H,16,17). The van der Waals surface area contributed by atoms with Gasteiger partial charge in [-0.1, -0.05) is 12.1 Å². The average Bonchev–Trinajstić information content (AvgIpc) is 2.42. The van der Waals surface area contributed by atoms with Gasteiger partial charge in [0.15, 0.2) is 0 Å². The van der Waals surface area contributed by atoms with Crippen LogP contribution < -0.4 is 10.5 Å². The van der Waals surface area contributed by atoms with E-state index in [0.717, 1.165) is 17.8 Å². The number of nitrogens with two attached hydrogens (primary N) is 1. The van der Waals surface area contributed by atoms with Gasteiger partial charge in [0.05, 0.1) is 11.1 Å². The number of pyridine rings is 1. The molecule has 1 aromatic heterocycles. The van der Waals surface area contributed by atoms with Crippen molar-refractivity contribution in [3.63, 3.8) is 0 Å². The molecule has 3 N–H and O–H groups in total. The first-order valence-electron chi connectivity index (χ1n) is 5.94. The van der Waals surface area contributed by atoms with Gasteiger partial charge < -0.3 is 5.73 Å². The molecule has 0 saturated heterocycles. The van der Waals surface area contributed by atoms with Gasteiger partial charge in [0, 0.05) is 0 Å². The number of hydrogen-bond acceptors (Lipinski definition) is 4. The van der Waals surface area contributed by atoms with Crippen molar-refractivity contribution in [1.82, 2.24) is 4.98 Å². The zero-order valence-electron chi connectivity index (χ0n) is 10.6. The molecule has 0 atom stereocenters. The van der Waals surface area contributed by atoms with Crippen LogP contribution in [-0.4, -0.2) is 19.9 Å². The molecule has 20 heavy (non-hydrogen) atoms. The molecule has 1 heterocycles. The van der Waals surface area contributed by atoms with E-state index >= 15 is 0 Å². The maximum absolute atomic E-state index is 12.7. The van der Waals surface area contributed by atoms with Crippen LogP contribution in [0.25, 0.3) is 0 Å². The minimum absolute atomic E-state index is 0.0671. The molecule has 2 aromatic rings. The maximum Gasteiger partial charge on any atom is 0.263 e. The van der Waals surface area contributed by atoms with Gasteiger partial charge in [0.25, 0.3) is 10.0 Å². The molecular weight excluding hydrogens is 281 g/mol. The summed E-state index contributed by atoms with van der Waals surface area (Å²) in [7, 11) is -3.72. The van der Waals surface area contributed by atoms with Gasteiger partial charge in [-0.25, -0.2) is 17.8 Å². The fourth-order valence-electron chi connectivity index (χ4n) is 1.63. The smallest absolute Gasteiger partial charge is 0.263 e. The minimum atomic E-state index is -3.72. The predicted octanol–water partition coefficient (Wildman–Crippen LogP) is 1.52. The van der Waals surface area contributed by atoms with Crippen LogP contribution in [0.4, 0.5) is 10.2 Å². The third-order valence-corrected chi connectivity index (χ3v) is 4.00. The Hall–Kier alpha value is -1.99. The molecule has 0 unspecified atom stereocenters. The van der Waals surface area contributed by atoms with Gasteiger partial charge in [0.1, 0.15) is 11.6 Å². The highest BCUT2D eigenvalue weighted by molar-refractivity contribution is 7.92.